The zero-order chi connectivity index (χ0) is 10.0. The van der Waals surface area contributed by atoms with E-state index in [2.05, 4.69) is 0 Å². The fourth-order valence-electron chi connectivity index (χ4n) is 0.960. The molecule has 4 heteroatoms. The topological polar surface area (TPSA) is 40.1 Å². The Hall–Kier alpha value is -0.870. The third-order valence-electron chi connectivity index (χ3n) is 1.65. The summed E-state index contributed by atoms with van der Waals surface area (Å²) in [6.45, 7) is 1.29. The molecule has 13 heavy (non-hydrogen) atoms. The Bertz CT molecular complexity index is 336. The van der Waals surface area contributed by atoms with E-state index in [-0.39, 0.29) is 11.3 Å². The van der Waals surface area contributed by atoms with Crippen LogP contribution in [-0.2, 0) is 11.2 Å². The molecule has 1 aromatic rings. The van der Waals surface area contributed by atoms with E-state index in [9.17, 15) is 13.7 Å². The van der Waals surface area contributed by atoms with E-state index in [0.29, 0.717) is 4.90 Å². The van der Waals surface area contributed by atoms with Crippen molar-refractivity contribution in [3.63, 3.8) is 0 Å². The van der Waals surface area contributed by atoms with E-state index in [1.807, 2.05) is 0 Å². The van der Waals surface area contributed by atoms with Crippen molar-refractivity contribution in [2.45, 2.75) is 11.8 Å². The fourth-order valence-corrected chi connectivity index (χ4v) is 1.49. The third-order valence-corrected chi connectivity index (χ3v) is 2.57. The van der Waals surface area contributed by atoms with Crippen LogP contribution in [0.1, 0.15) is 17.3 Å². The zero-order valence-corrected chi connectivity index (χ0v) is 8.15. The molecule has 0 saturated carbocycles. The number of benzene rings is 1. The first kappa shape index (κ1) is 10.2. The molecule has 0 spiro atoms. The van der Waals surface area contributed by atoms with Gasteiger partial charge in [0.05, 0.1) is 5.56 Å². The van der Waals surface area contributed by atoms with Gasteiger partial charge < -0.3 is 4.55 Å². The summed E-state index contributed by atoms with van der Waals surface area (Å²) in [7, 11) is 0. The van der Waals surface area contributed by atoms with Gasteiger partial charge in [0, 0.05) is 6.07 Å². The Morgan fingerprint density at radius 3 is 2.54 bits per heavy atom. The van der Waals surface area contributed by atoms with Crippen LogP contribution in [0.3, 0.4) is 0 Å². The molecular weight excluding hydrogens is 191 g/mol. The largest absolute Gasteiger partial charge is 0.612 e. The maximum Gasteiger partial charge on any atom is 0.162 e. The van der Waals surface area contributed by atoms with Crippen molar-refractivity contribution in [1.82, 2.24) is 0 Å². The number of carbonyl (C=O) groups is 1. The quantitative estimate of drug-likeness (QED) is 0.539. The first-order chi connectivity index (χ1) is 6.02. The number of ketones is 1. The monoisotopic (exact) mass is 200 g/mol. The number of hydrogen-bond acceptors (Lipinski definition) is 2. The predicted octanol–water partition coefficient (Wildman–Crippen LogP) is 1.77. The Balaban J connectivity index is 3.13. The van der Waals surface area contributed by atoms with Crippen molar-refractivity contribution in [1.29, 1.82) is 0 Å². The summed E-state index contributed by atoms with van der Waals surface area (Å²) in [5, 5.41) is 0. The molecular formula is C9H9FO2S. The average molecular weight is 200 g/mol. The smallest absolute Gasteiger partial charge is 0.162 e. The minimum absolute atomic E-state index is 0.0363. The number of Topliss-reactive ketones (excluding diaryl/α,β-unsaturated/α-hetero) is 1. The second-order valence-electron chi connectivity index (χ2n) is 2.65. The molecule has 2 nitrogen and oxygen atoms in total. The highest BCUT2D eigenvalue weighted by Gasteiger charge is 2.11. The molecule has 0 bridgehead atoms. The standard InChI is InChI=1S/C9H9FO2S/c1-6(11)8-4-3-7(13(2)12)5-9(8)10/h3-5H,1-2H3. The van der Waals surface area contributed by atoms with E-state index in [4.69, 9.17) is 0 Å². The number of rotatable bonds is 2. The van der Waals surface area contributed by atoms with E-state index in [1.165, 1.54) is 25.3 Å². The molecule has 0 aliphatic rings. The van der Waals surface area contributed by atoms with Gasteiger partial charge in [-0.1, -0.05) is 0 Å². The molecule has 70 valence electrons. The second-order valence-corrected chi connectivity index (χ2v) is 4.03. The van der Waals surface area contributed by atoms with Crippen LogP contribution in [0, 0.1) is 5.82 Å². The van der Waals surface area contributed by atoms with Crippen molar-refractivity contribution in [3.05, 3.63) is 29.6 Å². The van der Waals surface area contributed by atoms with Gasteiger partial charge in [0.15, 0.2) is 10.7 Å². The van der Waals surface area contributed by atoms with Gasteiger partial charge in [-0.05, 0) is 30.2 Å². The Labute approximate surface area is 78.9 Å². The summed E-state index contributed by atoms with van der Waals surface area (Å²) in [6.07, 6.45) is 1.46. The van der Waals surface area contributed by atoms with Gasteiger partial charge in [-0.25, -0.2) is 4.39 Å². The first-order valence-corrected chi connectivity index (χ1v) is 5.22. The summed E-state index contributed by atoms with van der Waals surface area (Å²) in [6, 6.07) is 3.98. The van der Waals surface area contributed by atoms with Crippen LogP contribution in [0.15, 0.2) is 23.1 Å². The van der Waals surface area contributed by atoms with Crippen LogP contribution >= 0.6 is 0 Å². The van der Waals surface area contributed by atoms with Crippen LogP contribution in [-0.4, -0.2) is 16.6 Å². The molecule has 0 heterocycles. The van der Waals surface area contributed by atoms with Gasteiger partial charge in [0.1, 0.15) is 12.1 Å². The lowest BCUT2D eigenvalue weighted by atomic mass is 10.1. The number of halogens is 1. The van der Waals surface area contributed by atoms with Gasteiger partial charge in [-0.3, -0.25) is 4.79 Å². The van der Waals surface area contributed by atoms with Crippen molar-refractivity contribution in [3.8, 4) is 0 Å². The third kappa shape index (κ3) is 2.29. The van der Waals surface area contributed by atoms with Gasteiger partial charge in [0.2, 0.25) is 0 Å². The predicted molar refractivity (Wildman–Crippen MR) is 48.7 cm³/mol. The fraction of sp³-hybridized carbons (Fsp3) is 0.222. The van der Waals surface area contributed by atoms with Gasteiger partial charge in [0.25, 0.3) is 0 Å². The Morgan fingerprint density at radius 2 is 2.15 bits per heavy atom. The Morgan fingerprint density at radius 1 is 1.54 bits per heavy atom. The molecule has 0 amide bonds. The van der Waals surface area contributed by atoms with E-state index >= 15 is 0 Å². The van der Waals surface area contributed by atoms with Crippen molar-refractivity contribution in [2.75, 3.05) is 6.26 Å². The molecule has 1 atom stereocenters. The molecule has 0 N–H and O–H groups in total. The van der Waals surface area contributed by atoms with E-state index < -0.39 is 17.0 Å². The van der Waals surface area contributed by atoms with Crippen molar-refractivity contribution >= 4 is 17.0 Å². The summed E-state index contributed by atoms with van der Waals surface area (Å²) in [5.74, 6) is -0.939. The van der Waals surface area contributed by atoms with Crippen molar-refractivity contribution in [2.24, 2.45) is 0 Å². The van der Waals surface area contributed by atoms with Gasteiger partial charge >= 0.3 is 0 Å². The molecule has 0 fully saturated rings. The summed E-state index contributed by atoms with van der Waals surface area (Å²) in [4.78, 5) is 11.2. The Kier molecular flexibility index (Phi) is 3.06. The lowest BCUT2D eigenvalue weighted by molar-refractivity contribution is 0.101. The highest BCUT2D eigenvalue weighted by molar-refractivity contribution is 7.90. The lowest BCUT2D eigenvalue weighted by Gasteiger charge is -2.05. The molecule has 0 saturated heterocycles. The van der Waals surface area contributed by atoms with Gasteiger partial charge in [-0.2, -0.15) is 0 Å². The maximum atomic E-state index is 13.1. The van der Waals surface area contributed by atoms with Crippen LogP contribution < -0.4 is 0 Å². The van der Waals surface area contributed by atoms with Crippen LogP contribution in [0.5, 0.6) is 0 Å². The SMILES string of the molecule is CC(=O)c1ccc([S+](C)[O-])cc1F. The molecule has 0 radical (unpaired) electrons. The molecule has 1 unspecified atom stereocenters. The highest BCUT2D eigenvalue weighted by atomic mass is 32.2. The average Bonchev–Trinajstić information content (AvgIpc) is 2.03. The molecule has 0 aromatic heterocycles. The summed E-state index contributed by atoms with van der Waals surface area (Å²) >= 11 is -1.21. The summed E-state index contributed by atoms with van der Waals surface area (Å²) < 4.78 is 24.0. The molecule has 1 aromatic carbocycles. The highest BCUT2D eigenvalue weighted by Crippen LogP contribution is 2.14. The molecule has 1 rings (SSSR count). The van der Waals surface area contributed by atoms with Crippen LogP contribution in [0.25, 0.3) is 0 Å². The van der Waals surface area contributed by atoms with Crippen LogP contribution in [0.4, 0.5) is 4.39 Å². The lowest BCUT2D eigenvalue weighted by Crippen LogP contribution is -2.02. The number of hydrogen-bond donors (Lipinski definition) is 0. The van der Waals surface area contributed by atoms with Crippen molar-refractivity contribution < 1.29 is 13.7 Å². The first-order valence-electron chi connectivity index (χ1n) is 3.66. The zero-order valence-electron chi connectivity index (χ0n) is 7.33. The minimum atomic E-state index is -1.21. The van der Waals surface area contributed by atoms with Gasteiger partial charge in [-0.15, -0.1) is 0 Å². The number of carbonyl (C=O) groups excluding carboxylic acids is 1. The normalized spacial score (nSPS) is 12.6. The maximum absolute atomic E-state index is 13.1. The molecule has 0 aliphatic heterocycles. The van der Waals surface area contributed by atoms with E-state index in [0.717, 1.165) is 6.07 Å². The van der Waals surface area contributed by atoms with Crippen LogP contribution in [0.2, 0.25) is 0 Å². The molecule has 0 aliphatic carbocycles. The summed E-state index contributed by atoms with van der Waals surface area (Å²) in [5.41, 5.74) is 0.0363. The second kappa shape index (κ2) is 3.89. The van der Waals surface area contributed by atoms with E-state index in [1.54, 1.807) is 0 Å². The minimum Gasteiger partial charge on any atom is -0.612 e.